The SMILES string of the molecule is CC.CCOC(=O)N1CCC(C#N)(Nc2ccc(F)cc2)CC1. The van der Waals surface area contributed by atoms with Crippen molar-refractivity contribution in [3.63, 3.8) is 0 Å². The second kappa shape index (κ2) is 8.99. The largest absolute Gasteiger partial charge is 0.450 e. The molecule has 0 atom stereocenters. The predicted octanol–water partition coefficient (Wildman–Crippen LogP) is 3.78. The first kappa shape index (κ1) is 18.8. The van der Waals surface area contributed by atoms with E-state index in [1.807, 2.05) is 13.8 Å². The fraction of sp³-hybridized carbons (Fsp3) is 0.529. The number of anilines is 1. The lowest BCUT2D eigenvalue weighted by Gasteiger charge is -2.37. The molecule has 0 aliphatic carbocycles. The van der Waals surface area contributed by atoms with Gasteiger partial charge in [-0.3, -0.25) is 0 Å². The van der Waals surface area contributed by atoms with Crippen molar-refractivity contribution in [3.05, 3.63) is 30.1 Å². The number of amides is 1. The Morgan fingerprint density at radius 1 is 1.35 bits per heavy atom. The van der Waals surface area contributed by atoms with Gasteiger partial charge in [0.25, 0.3) is 0 Å². The number of likely N-dealkylation sites (tertiary alicyclic amines) is 1. The summed E-state index contributed by atoms with van der Waals surface area (Å²) in [6, 6.07) is 8.19. The number of carbonyl (C=O) groups excluding carboxylic acids is 1. The molecule has 1 fully saturated rings. The molecular weight excluding hydrogens is 297 g/mol. The summed E-state index contributed by atoms with van der Waals surface area (Å²) in [7, 11) is 0. The zero-order valence-corrected chi connectivity index (χ0v) is 13.9. The molecule has 23 heavy (non-hydrogen) atoms. The van der Waals surface area contributed by atoms with Gasteiger partial charge >= 0.3 is 6.09 Å². The van der Waals surface area contributed by atoms with Crippen LogP contribution in [0.1, 0.15) is 33.6 Å². The fourth-order valence-corrected chi connectivity index (χ4v) is 2.36. The van der Waals surface area contributed by atoms with Crippen molar-refractivity contribution in [2.24, 2.45) is 0 Å². The molecule has 1 aromatic carbocycles. The zero-order chi connectivity index (χ0) is 17.3. The van der Waals surface area contributed by atoms with E-state index < -0.39 is 5.54 Å². The summed E-state index contributed by atoms with van der Waals surface area (Å²) < 4.78 is 17.9. The molecule has 0 unspecified atom stereocenters. The number of benzene rings is 1. The lowest BCUT2D eigenvalue weighted by Crippen LogP contribution is -2.50. The Kier molecular flexibility index (Phi) is 7.33. The minimum absolute atomic E-state index is 0.316. The van der Waals surface area contributed by atoms with Gasteiger partial charge in [0.05, 0.1) is 12.7 Å². The average molecular weight is 321 g/mol. The molecule has 1 aliphatic rings. The molecule has 0 spiro atoms. The molecule has 1 amide bonds. The molecule has 0 radical (unpaired) electrons. The third-order valence-corrected chi connectivity index (χ3v) is 3.58. The molecule has 1 saturated heterocycles. The van der Waals surface area contributed by atoms with E-state index in [-0.39, 0.29) is 11.9 Å². The Morgan fingerprint density at radius 2 is 1.91 bits per heavy atom. The highest BCUT2D eigenvalue weighted by Crippen LogP contribution is 2.27. The zero-order valence-electron chi connectivity index (χ0n) is 13.9. The number of ether oxygens (including phenoxy) is 1. The van der Waals surface area contributed by atoms with Crippen LogP contribution in [-0.2, 0) is 4.74 Å². The quantitative estimate of drug-likeness (QED) is 0.920. The van der Waals surface area contributed by atoms with E-state index in [4.69, 9.17) is 4.74 Å². The Hall–Kier alpha value is -2.29. The number of hydrogen-bond donors (Lipinski definition) is 1. The standard InChI is InChI=1S/C15H18FN3O2.C2H6/c1-2-21-14(20)19-9-7-15(11-17,8-10-19)18-13-5-3-12(16)4-6-13;1-2/h3-6,18H,2,7-10H2,1H3;1-2H3. The molecule has 1 aliphatic heterocycles. The van der Waals surface area contributed by atoms with Gasteiger partial charge in [0.2, 0.25) is 0 Å². The van der Waals surface area contributed by atoms with Crippen molar-refractivity contribution >= 4 is 11.8 Å². The van der Waals surface area contributed by atoms with Crippen LogP contribution in [0.5, 0.6) is 0 Å². The lowest BCUT2D eigenvalue weighted by molar-refractivity contribution is 0.0944. The number of piperidine rings is 1. The van der Waals surface area contributed by atoms with Crippen LogP contribution < -0.4 is 5.32 Å². The Balaban J connectivity index is 0.00000127. The van der Waals surface area contributed by atoms with Crippen LogP contribution in [-0.4, -0.2) is 36.2 Å². The summed E-state index contributed by atoms with van der Waals surface area (Å²) in [6.07, 6.45) is 0.658. The minimum atomic E-state index is -0.735. The van der Waals surface area contributed by atoms with Gasteiger partial charge in [0.1, 0.15) is 11.4 Å². The van der Waals surface area contributed by atoms with E-state index in [9.17, 15) is 14.4 Å². The van der Waals surface area contributed by atoms with Gasteiger partial charge in [0, 0.05) is 31.6 Å². The summed E-state index contributed by atoms with van der Waals surface area (Å²) in [5, 5.41) is 12.6. The van der Waals surface area contributed by atoms with Crippen molar-refractivity contribution in [1.82, 2.24) is 4.90 Å². The van der Waals surface area contributed by atoms with Crippen LogP contribution >= 0.6 is 0 Å². The summed E-state index contributed by atoms with van der Waals surface area (Å²) in [6.45, 7) is 7.02. The molecule has 126 valence electrons. The molecule has 1 aromatic rings. The third-order valence-electron chi connectivity index (χ3n) is 3.58. The summed E-state index contributed by atoms with van der Waals surface area (Å²) in [5.74, 6) is -0.316. The number of nitriles is 1. The van der Waals surface area contributed by atoms with Crippen molar-refractivity contribution in [3.8, 4) is 6.07 Å². The normalized spacial score (nSPS) is 15.7. The van der Waals surface area contributed by atoms with Crippen molar-refractivity contribution in [1.29, 1.82) is 5.26 Å². The van der Waals surface area contributed by atoms with Crippen LogP contribution in [0, 0.1) is 17.1 Å². The molecule has 0 aromatic heterocycles. The van der Waals surface area contributed by atoms with E-state index in [2.05, 4.69) is 11.4 Å². The van der Waals surface area contributed by atoms with Crippen LogP contribution in [0.25, 0.3) is 0 Å². The van der Waals surface area contributed by atoms with E-state index in [1.54, 1.807) is 24.0 Å². The Bertz CT molecular complexity index is 532. The number of nitrogens with one attached hydrogen (secondary N) is 1. The van der Waals surface area contributed by atoms with E-state index in [0.29, 0.717) is 38.2 Å². The predicted molar refractivity (Wildman–Crippen MR) is 87.5 cm³/mol. The summed E-state index contributed by atoms with van der Waals surface area (Å²) in [5.41, 5.74) is -0.0385. The minimum Gasteiger partial charge on any atom is -0.450 e. The number of halogens is 1. The van der Waals surface area contributed by atoms with Gasteiger partial charge in [-0.05, 0) is 31.2 Å². The van der Waals surface area contributed by atoms with Crippen LogP contribution in [0.2, 0.25) is 0 Å². The highest BCUT2D eigenvalue weighted by atomic mass is 19.1. The van der Waals surface area contributed by atoms with Gasteiger partial charge in [-0.15, -0.1) is 0 Å². The molecular formula is C17H24FN3O2. The summed E-state index contributed by atoms with van der Waals surface area (Å²) >= 11 is 0. The third kappa shape index (κ3) is 5.13. The summed E-state index contributed by atoms with van der Waals surface area (Å²) in [4.78, 5) is 13.3. The number of nitrogens with zero attached hydrogens (tertiary/aromatic N) is 2. The maximum Gasteiger partial charge on any atom is 0.409 e. The van der Waals surface area contributed by atoms with E-state index in [0.717, 1.165) is 0 Å². The number of hydrogen-bond acceptors (Lipinski definition) is 4. The van der Waals surface area contributed by atoms with Crippen molar-refractivity contribution in [2.45, 2.75) is 39.2 Å². The van der Waals surface area contributed by atoms with Crippen LogP contribution in [0.4, 0.5) is 14.9 Å². The maximum absolute atomic E-state index is 12.9. The monoisotopic (exact) mass is 321 g/mol. The molecule has 6 heteroatoms. The first-order valence-corrected chi connectivity index (χ1v) is 7.95. The molecule has 1 heterocycles. The second-order valence-corrected chi connectivity index (χ2v) is 5.01. The number of carbonyl (C=O) groups is 1. The first-order valence-electron chi connectivity index (χ1n) is 7.95. The van der Waals surface area contributed by atoms with Crippen molar-refractivity contribution < 1.29 is 13.9 Å². The highest BCUT2D eigenvalue weighted by Gasteiger charge is 2.36. The topological polar surface area (TPSA) is 65.4 Å². The number of rotatable bonds is 3. The molecule has 0 saturated carbocycles. The molecule has 1 N–H and O–H groups in total. The second-order valence-electron chi connectivity index (χ2n) is 5.01. The van der Waals surface area contributed by atoms with Crippen molar-refractivity contribution in [2.75, 3.05) is 25.0 Å². The Labute approximate surface area is 137 Å². The van der Waals surface area contributed by atoms with E-state index in [1.165, 1.54) is 12.1 Å². The van der Waals surface area contributed by atoms with Gasteiger partial charge in [0.15, 0.2) is 0 Å². The lowest BCUT2D eigenvalue weighted by atomic mass is 9.88. The smallest absolute Gasteiger partial charge is 0.409 e. The maximum atomic E-state index is 12.9. The van der Waals surface area contributed by atoms with Crippen LogP contribution in [0.15, 0.2) is 24.3 Å². The molecule has 5 nitrogen and oxygen atoms in total. The first-order chi connectivity index (χ1) is 11.1. The average Bonchev–Trinajstić information content (AvgIpc) is 2.59. The van der Waals surface area contributed by atoms with Gasteiger partial charge in [-0.1, -0.05) is 13.8 Å². The Morgan fingerprint density at radius 3 is 2.39 bits per heavy atom. The fourth-order valence-electron chi connectivity index (χ4n) is 2.36. The molecule has 0 bridgehead atoms. The van der Waals surface area contributed by atoms with E-state index >= 15 is 0 Å². The highest BCUT2D eigenvalue weighted by molar-refractivity contribution is 5.68. The molecule has 2 rings (SSSR count). The van der Waals surface area contributed by atoms with Gasteiger partial charge in [-0.2, -0.15) is 5.26 Å². The van der Waals surface area contributed by atoms with Gasteiger partial charge in [-0.25, -0.2) is 9.18 Å². The van der Waals surface area contributed by atoms with Crippen LogP contribution in [0.3, 0.4) is 0 Å². The van der Waals surface area contributed by atoms with Gasteiger partial charge < -0.3 is 15.0 Å².